The zero-order chi connectivity index (χ0) is 24.3. The Balaban J connectivity index is 1.48. The van der Waals surface area contributed by atoms with Gasteiger partial charge in [0.1, 0.15) is 18.1 Å². The van der Waals surface area contributed by atoms with Gasteiger partial charge in [-0.15, -0.1) is 0 Å². The molecule has 0 fully saturated rings. The Hall–Kier alpha value is -2.85. The maximum Gasteiger partial charge on any atom is 0.308 e. The Bertz CT molecular complexity index is 1460. The van der Waals surface area contributed by atoms with Crippen molar-refractivity contribution in [2.45, 2.75) is 24.4 Å². The van der Waals surface area contributed by atoms with Gasteiger partial charge in [-0.1, -0.05) is 41.1 Å². The van der Waals surface area contributed by atoms with E-state index in [0.717, 1.165) is 16.9 Å². The number of benzene rings is 3. The highest BCUT2D eigenvalue weighted by molar-refractivity contribution is 7.89. The largest absolute Gasteiger partial charge is 0.497 e. The lowest BCUT2D eigenvalue weighted by atomic mass is 10.2. The first-order valence-electron chi connectivity index (χ1n) is 10.4. The molecule has 0 saturated heterocycles. The van der Waals surface area contributed by atoms with Gasteiger partial charge in [-0.25, -0.2) is 13.1 Å². The first kappa shape index (κ1) is 24.3. The highest BCUT2D eigenvalue weighted by atomic mass is 35.5. The summed E-state index contributed by atoms with van der Waals surface area (Å²) < 4.78 is 41.4. The number of ether oxygens (including phenoxy) is 2. The van der Waals surface area contributed by atoms with Crippen molar-refractivity contribution >= 4 is 43.2 Å². The smallest absolute Gasteiger partial charge is 0.308 e. The third-order valence-corrected chi connectivity index (χ3v) is 8.05. The summed E-state index contributed by atoms with van der Waals surface area (Å²) in [6.07, 6.45) is 0. The van der Waals surface area contributed by atoms with Crippen molar-refractivity contribution in [1.82, 2.24) is 9.29 Å². The molecule has 0 amide bonds. The monoisotopic (exact) mass is 518 g/mol. The second kappa shape index (κ2) is 10.2. The van der Waals surface area contributed by atoms with E-state index in [2.05, 4.69) is 4.72 Å². The topological polar surface area (TPSA) is 86.6 Å². The lowest BCUT2D eigenvalue weighted by Gasteiger charge is -2.15. The summed E-state index contributed by atoms with van der Waals surface area (Å²) in [5.41, 5.74) is 1.47. The first-order chi connectivity index (χ1) is 16.3. The van der Waals surface area contributed by atoms with Crippen LogP contribution in [0.15, 0.2) is 76.4 Å². The Labute approximate surface area is 206 Å². The average molecular weight is 519 g/mol. The molecule has 7 nitrogen and oxygen atoms in total. The molecule has 1 atom stereocenters. The van der Waals surface area contributed by atoms with Gasteiger partial charge in [0.05, 0.1) is 34.8 Å². The molecule has 4 aromatic rings. The number of halogens is 1. The number of nitrogens with one attached hydrogen (secondary N) is 1. The van der Waals surface area contributed by atoms with Gasteiger partial charge in [0.2, 0.25) is 10.0 Å². The van der Waals surface area contributed by atoms with Crippen molar-refractivity contribution in [2.75, 3.05) is 13.7 Å². The standard InChI is InChI=1S/C24H23ClN2O5S2/c1-16(15-32-19-9-7-18(31-2)8-10-19)26-34(29,30)20-11-12-22-23(13-20)33-24(28)27(22)14-17-5-3-4-6-21(17)25/h3-13,16,26H,14-15H2,1-2H3/t16-/m0/s1. The van der Waals surface area contributed by atoms with Crippen LogP contribution in [0.2, 0.25) is 5.02 Å². The van der Waals surface area contributed by atoms with Crippen LogP contribution in [0.3, 0.4) is 0 Å². The minimum atomic E-state index is -3.81. The minimum Gasteiger partial charge on any atom is -0.497 e. The molecule has 0 aliphatic rings. The number of hydrogen-bond donors (Lipinski definition) is 1. The highest BCUT2D eigenvalue weighted by Gasteiger charge is 2.20. The van der Waals surface area contributed by atoms with Gasteiger partial charge in [0.15, 0.2) is 0 Å². The predicted octanol–water partition coefficient (Wildman–Crippen LogP) is 4.52. The second-order valence-corrected chi connectivity index (χ2v) is 10.8. The number of thiazole rings is 1. The normalized spacial score (nSPS) is 12.6. The Kier molecular flexibility index (Phi) is 7.27. The van der Waals surface area contributed by atoms with E-state index >= 15 is 0 Å². The third-order valence-electron chi connectivity index (χ3n) is 5.15. The second-order valence-electron chi connectivity index (χ2n) is 7.68. The Morgan fingerprint density at radius 3 is 2.47 bits per heavy atom. The first-order valence-corrected chi connectivity index (χ1v) is 13.1. The predicted molar refractivity (Wildman–Crippen MR) is 135 cm³/mol. The fourth-order valence-electron chi connectivity index (χ4n) is 3.42. The van der Waals surface area contributed by atoms with Gasteiger partial charge in [-0.3, -0.25) is 9.36 Å². The average Bonchev–Trinajstić information content (AvgIpc) is 3.13. The molecule has 3 aromatic carbocycles. The molecule has 1 N–H and O–H groups in total. The van der Waals surface area contributed by atoms with Crippen molar-refractivity contribution < 1.29 is 17.9 Å². The van der Waals surface area contributed by atoms with Gasteiger partial charge < -0.3 is 9.47 Å². The van der Waals surface area contributed by atoms with Crippen molar-refractivity contribution in [3.8, 4) is 11.5 Å². The van der Waals surface area contributed by atoms with Gasteiger partial charge >= 0.3 is 4.87 Å². The van der Waals surface area contributed by atoms with Crippen molar-refractivity contribution in [3.63, 3.8) is 0 Å². The summed E-state index contributed by atoms with van der Waals surface area (Å²) in [6, 6.07) is 18.5. The molecule has 34 heavy (non-hydrogen) atoms. The van der Waals surface area contributed by atoms with E-state index in [1.807, 2.05) is 18.2 Å². The van der Waals surface area contributed by atoms with Gasteiger partial charge in [-0.2, -0.15) is 0 Å². The summed E-state index contributed by atoms with van der Waals surface area (Å²) in [6.45, 7) is 2.18. The summed E-state index contributed by atoms with van der Waals surface area (Å²) in [5.74, 6) is 1.32. The fourth-order valence-corrected chi connectivity index (χ4v) is 5.87. The van der Waals surface area contributed by atoms with Crippen LogP contribution in [0.4, 0.5) is 0 Å². The van der Waals surface area contributed by atoms with Crippen molar-refractivity contribution in [2.24, 2.45) is 0 Å². The quantitative estimate of drug-likeness (QED) is 0.352. The number of fused-ring (bicyclic) bond motifs is 1. The van der Waals surface area contributed by atoms with Crippen molar-refractivity contribution in [3.05, 3.63) is 87.0 Å². The summed E-state index contributed by atoms with van der Waals surface area (Å²) in [5, 5.41) is 0.572. The molecule has 4 rings (SSSR count). The number of methoxy groups -OCH3 is 1. The third kappa shape index (κ3) is 5.44. The maximum atomic E-state index is 12.9. The van der Waals surface area contributed by atoms with E-state index in [9.17, 15) is 13.2 Å². The minimum absolute atomic E-state index is 0.0856. The molecular weight excluding hydrogens is 496 g/mol. The van der Waals surface area contributed by atoms with Gasteiger partial charge in [-0.05, 0) is 61.0 Å². The van der Waals surface area contributed by atoms with E-state index in [1.165, 1.54) is 12.1 Å². The van der Waals surface area contributed by atoms with Crippen LogP contribution in [0, 0.1) is 0 Å². The number of sulfonamides is 1. The number of rotatable bonds is 9. The van der Waals surface area contributed by atoms with Crippen LogP contribution in [0.25, 0.3) is 10.2 Å². The molecule has 0 saturated carbocycles. The van der Waals surface area contributed by atoms with Crippen LogP contribution < -0.4 is 19.1 Å². The summed E-state index contributed by atoms with van der Waals surface area (Å²) in [4.78, 5) is 12.5. The zero-order valence-electron chi connectivity index (χ0n) is 18.5. The molecule has 0 aliphatic carbocycles. The van der Waals surface area contributed by atoms with E-state index in [-0.39, 0.29) is 16.4 Å². The molecule has 178 valence electrons. The van der Waals surface area contributed by atoms with Crippen molar-refractivity contribution in [1.29, 1.82) is 0 Å². The highest BCUT2D eigenvalue weighted by Crippen LogP contribution is 2.24. The lowest BCUT2D eigenvalue weighted by Crippen LogP contribution is -2.36. The molecule has 0 spiro atoms. The molecule has 0 radical (unpaired) electrons. The molecule has 10 heteroatoms. The SMILES string of the molecule is COc1ccc(OC[C@H](C)NS(=O)(=O)c2ccc3c(c2)sc(=O)n3Cc2ccccc2Cl)cc1. The molecule has 0 unspecified atom stereocenters. The van der Waals surface area contributed by atoms with Crippen LogP contribution >= 0.6 is 22.9 Å². The Morgan fingerprint density at radius 1 is 1.06 bits per heavy atom. The molecule has 0 aliphatic heterocycles. The van der Waals surface area contributed by atoms with Crippen LogP contribution in [0.5, 0.6) is 11.5 Å². The van der Waals surface area contributed by atoms with Crippen LogP contribution in [0.1, 0.15) is 12.5 Å². The molecule has 0 bridgehead atoms. The molecular formula is C24H23ClN2O5S2. The number of aromatic nitrogens is 1. The zero-order valence-corrected chi connectivity index (χ0v) is 20.9. The number of nitrogens with zero attached hydrogens (tertiary/aromatic N) is 1. The van der Waals surface area contributed by atoms with E-state index in [1.54, 1.807) is 55.0 Å². The molecule has 1 heterocycles. The lowest BCUT2D eigenvalue weighted by molar-refractivity contribution is 0.287. The van der Waals surface area contributed by atoms with E-state index in [4.69, 9.17) is 21.1 Å². The van der Waals surface area contributed by atoms with Gasteiger partial charge in [0, 0.05) is 5.02 Å². The van der Waals surface area contributed by atoms with E-state index in [0.29, 0.717) is 33.3 Å². The summed E-state index contributed by atoms with van der Waals surface area (Å²) >= 11 is 7.24. The molecule has 1 aromatic heterocycles. The fraction of sp³-hybridized carbons (Fsp3) is 0.208. The maximum absolute atomic E-state index is 12.9. The van der Waals surface area contributed by atoms with E-state index < -0.39 is 16.1 Å². The van der Waals surface area contributed by atoms with Crippen LogP contribution in [-0.2, 0) is 16.6 Å². The Morgan fingerprint density at radius 2 is 1.76 bits per heavy atom. The van der Waals surface area contributed by atoms with Crippen LogP contribution in [-0.4, -0.2) is 32.7 Å². The summed E-state index contributed by atoms with van der Waals surface area (Å²) in [7, 11) is -2.23. The van der Waals surface area contributed by atoms with Gasteiger partial charge in [0.25, 0.3) is 0 Å². The number of hydrogen-bond acceptors (Lipinski definition) is 6.